The van der Waals surface area contributed by atoms with Crippen LogP contribution in [0.3, 0.4) is 0 Å². The molecule has 1 N–H and O–H groups in total. The summed E-state index contributed by atoms with van der Waals surface area (Å²) in [5.41, 5.74) is 5.63. The van der Waals surface area contributed by atoms with Gasteiger partial charge in [-0.3, -0.25) is 14.6 Å². The number of hydrogen-bond donors (Lipinski definition) is 1. The highest BCUT2D eigenvalue weighted by atomic mass is 16.2. The summed E-state index contributed by atoms with van der Waals surface area (Å²) < 4.78 is 1.38. The van der Waals surface area contributed by atoms with Crippen molar-refractivity contribution >= 4 is 29.1 Å². The molecule has 35 heavy (non-hydrogen) atoms. The zero-order chi connectivity index (χ0) is 24.4. The lowest BCUT2D eigenvalue weighted by atomic mass is 10.1. The van der Waals surface area contributed by atoms with E-state index in [0.29, 0.717) is 34.9 Å². The first-order valence-electron chi connectivity index (χ1n) is 12.3. The fourth-order valence-electron chi connectivity index (χ4n) is 4.65. The molecular formula is C27H30N6O2. The fraction of sp³-hybridized carbons (Fsp3) is 0.370. The third-order valence-electron chi connectivity index (χ3n) is 6.51. The molecule has 0 atom stereocenters. The van der Waals surface area contributed by atoms with Gasteiger partial charge in [-0.1, -0.05) is 31.7 Å². The van der Waals surface area contributed by atoms with E-state index >= 15 is 0 Å². The van der Waals surface area contributed by atoms with Crippen LogP contribution in [0.2, 0.25) is 0 Å². The van der Waals surface area contributed by atoms with Gasteiger partial charge in [-0.2, -0.15) is 10.1 Å². The molecule has 3 aromatic rings. The molecule has 5 rings (SSSR count). The lowest BCUT2D eigenvalue weighted by Gasteiger charge is -2.19. The van der Waals surface area contributed by atoms with Gasteiger partial charge < -0.3 is 10.2 Å². The maximum Gasteiger partial charge on any atom is 0.280 e. The van der Waals surface area contributed by atoms with Crippen LogP contribution >= 0.6 is 0 Å². The van der Waals surface area contributed by atoms with Gasteiger partial charge >= 0.3 is 0 Å². The molecule has 0 aliphatic carbocycles. The van der Waals surface area contributed by atoms with E-state index in [1.807, 2.05) is 13.0 Å². The van der Waals surface area contributed by atoms with E-state index in [1.54, 1.807) is 24.5 Å². The quantitative estimate of drug-likeness (QED) is 0.475. The van der Waals surface area contributed by atoms with Crippen molar-refractivity contribution in [3.8, 4) is 11.3 Å². The zero-order valence-corrected chi connectivity index (χ0v) is 20.3. The first kappa shape index (κ1) is 23.0. The molecule has 0 saturated heterocycles. The van der Waals surface area contributed by atoms with Crippen LogP contribution in [0.4, 0.5) is 11.4 Å². The predicted molar refractivity (Wildman–Crippen MR) is 137 cm³/mol. The minimum absolute atomic E-state index is 0.0230. The number of carbonyl (C=O) groups is 2. The largest absolute Gasteiger partial charge is 0.324 e. The first-order chi connectivity index (χ1) is 17.0. The number of carbonyl (C=O) groups excluding carboxylic acids is 2. The molecule has 2 aliphatic rings. The van der Waals surface area contributed by atoms with Gasteiger partial charge in [-0.25, -0.2) is 4.68 Å². The van der Waals surface area contributed by atoms with Crippen molar-refractivity contribution in [3.05, 3.63) is 59.5 Å². The number of aliphatic imine (C=N–C) groups is 1. The lowest BCUT2D eigenvalue weighted by Crippen LogP contribution is -2.32. The van der Waals surface area contributed by atoms with Crippen molar-refractivity contribution in [1.82, 2.24) is 14.8 Å². The van der Waals surface area contributed by atoms with Gasteiger partial charge in [-0.15, -0.1) is 0 Å². The van der Waals surface area contributed by atoms with Crippen LogP contribution in [-0.2, 0) is 0 Å². The molecule has 2 aliphatic heterocycles. The Kier molecular flexibility index (Phi) is 6.44. The topological polar surface area (TPSA) is 92.5 Å². The van der Waals surface area contributed by atoms with Crippen molar-refractivity contribution < 1.29 is 9.59 Å². The third-order valence-corrected chi connectivity index (χ3v) is 6.51. The van der Waals surface area contributed by atoms with E-state index in [0.717, 1.165) is 62.0 Å². The molecule has 8 nitrogen and oxygen atoms in total. The Bertz CT molecular complexity index is 1310. The number of fused-ring (bicyclic) bond motifs is 8. The Balaban J connectivity index is 1.51. The van der Waals surface area contributed by atoms with E-state index in [4.69, 9.17) is 0 Å². The number of benzene rings is 1. The molecule has 8 heteroatoms. The fourth-order valence-corrected chi connectivity index (χ4v) is 4.65. The maximum absolute atomic E-state index is 13.3. The summed E-state index contributed by atoms with van der Waals surface area (Å²) >= 11 is 0. The normalized spacial score (nSPS) is 18.5. The molecule has 0 unspecified atom stereocenters. The summed E-state index contributed by atoms with van der Waals surface area (Å²) in [6.07, 6.45) is 9.96. The average molecular weight is 471 g/mol. The molecule has 0 radical (unpaired) electrons. The maximum atomic E-state index is 13.3. The van der Waals surface area contributed by atoms with E-state index in [9.17, 15) is 9.59 Å². The standard InChI is InChI=1S/C27H30N6O2/c1-18-10-11-22-24(13-18)32-12-8-6-4-3-5-7-9-25(34)33-17-21(16-28-33)23-15-20(14-19(2)29-23)26(35)31-27(32)30-22/h10-11,13-17H,3-9,12H2,1-2H3,(H,30,31,35). The Morgan fingerprint density at radius 1 is 0.914 bits per heavy atom. The van der Waals surface area contributed by atoms with Crippen LogP contribution in [0.1, 0.15) is 71.4 Å². The van der Waals surface area contributed by atoms with Crippen molar-refractivity contribution in [2.24, 2.45) is 4.99 Å². The van der Waals surface area contributed by atoms with E-state index < -0.39 is 0 Å². The van der Waals surface area contributed by atoms with Crippen LogP contribution in [0, 0.1) is 13.8 Å². The van der Waals surface area contributed by atoms with Gasteiger partial charge in [-0.05, 0) is 56.5 Å². The lowest BCUT2D eigenvalue weighted by molar-refractivity contribution is 0.0882. The Morgan fingerprint density at radius 3 is 2.57 bits per heavy atom. The van der Waals surface area contributed by atoms with Crippen molar-refractivity contribution in [2.45, 2.75) is 58.8 Å². The van der Waals surface area contributed by atoms with Crippen molar-refractivity contribution in [2.75, 3.05) is 16.8 Å². The summed E-state index contributed by atoms with van der Waals surface area (Å²) in [6.45, 7) is 4.70. The second-order valence-corrected chi connectivity index (χ2v) is 9.36. The minimum Gasteiger partial charge on any atom is -0.324 e. The number of aryl methyl sites for hydroxylation is 2. The molecule has 180 valence electrons. The smallest absolute Gasteiger partial charge is 0.280 e. The summed E-state index contributed by atoms with van der Waals surface area (Å²) in [4.78, 5) is 37.0. The highest BCUT2D eigenvalue weighted by Crippen LogP contribution is 2.34. The van der Waals surface area contributed by atoms with Gasteiger partial charge in [0, 0.05) is 36.0 Å². The highest BCUT2D eigenvalue weighted by Gasteiger charge is 2.26. The average Bonchev–Trinajstić information content (AvgIpc) is 3.45. The van der Waals surface area contributed by atoms with Gasteiger partial charge in [0.15, 0.2) is 0 Å². The molecule has 4 bridgehead atoms. The van der Waals surface area contributed by atoms with E-state index in [2.05, 4.69) is 44.3 Å². The second-order valence-electron chi connectivity index (χ2n) is 9.36. The highest BCUT2D eigenvalue weighted by molar-refractivity contribution is 6.19. The molecule has 2 aromatic heterocycles. The summed E-state index contributed by atoms with van der Waals surface area (Å²) in [7, 11) is 0. The van der Waals surface area contributed by atoms with Crippen LogP contribution in [0.25, 0.3) is 11.3 Å². The molecular weight excluding hydrogens is 440 g/mol. The van der Waals surface area contributed by atoms with Gasteiger partial charge in [0.2, 0.25) is 11.9 Å². The number of amides is 1. The molecule has 0 spiro atoms. The zero-order valence-electron chi connectivity index (χ0n) is 20.3. The Labute approximate surface area is 205 Å². The second kappa shape index (κ2) is 9.82. The van der Waals surface area contributed by atoms with Gasteiger partial charge in [0.1, 0.15) is 0 Å². The number of hydrogen-bond acceptors (Lipinski definition) is 6. The SMILES string of the molecule is Cc1ccc2c(c1)N1CCCCCCCCC(=O)n3cc(cn3)-c3cc(cc(C)n3)C(=O)/N=C/1N2. The Morgan fingerprint density at radius 2 is 1.71 bits per heavy atom. The molecule has 4 heterocycles. The number of anilines is 2. The van der Waals surface area contributed by atoms with Crippen LogP contribution in [0.15, 0.2) is 47.7 Å². The number of aromatic nitrogens is 3. The van der Waals surface area contributed by atoms with E-state index in [-0.39, 0.29) is 11.8 Å². The molecule has 1 aromatic carbocycles. The minimum atomic E-state index is -0.338. The molecule has 1 amide bonds. The summed E-state index contributed by atoms with van der Waals surface area (Å²) in [5, 5.41) is 7.58. The summed E-state index contributed by atoms with van der Waals surface area (Å²) in [5.74, 6) is 0.197. The number of guanidine groups is 1. The monoisotopic (exact) mass is 470 g/mol. The van der Waals surface area contributed by atoms with E-state index in [1.165, 1.54) is 4.68 Å². The number of pyridine rings is 1. The van der Waals surface area contributed by atoms with Crippen LogP contribution in [-0.4, -0.2) is 39.1 Å². The third kappa shape index (κ3) is 5.01. The Hall–Kier alpha value is -3.81. The predicted octanol–water partition coefficient (Wildman–Crippen LogP) is 5.37. The van der Waals surface area contributed by atoms with Gasteiger partial charge in [0.05, 0.1) is 23.3 Å². The van der Waals surface area contributed by atoms with Crippen LogP contribution in [0.5, 0.6) is 0 Å². The summed E-state index contributed by atoms with van der Waals surface area (Å²) in [6, 6.07) is 9.69. The van der Waals surface area contributed by atoms with Crippen molar-refractivity contribution in [1.29, 1.82) is 0 Å². The van der Waals surface area contributed by atoms with Crippen molar-refractivity contribution in [3.63, 3.8) is 0 Å². The van der Waals surface area contributed by atoms with Crippen LogP contribution < -0.4 is 10.2 Å². The number of nitrogens with zero attached hydrogens (tertiary/aromatic N) is 5. The molecule has 0 fully saturated rings. The van der Waals surface area contributed by atoms with Gasteiger partial charge in [0.25, 0.3) is 5.91 Å². The number of nitrogens with one attached hydrogen (secondary N) is 1. The number of rotatable bonds is 0. The molecule has 0 saturated carbocycles. The first-order valence-corrected chi connectivity index (χ1v) is 12.3.